The maximum atomic E-state index is 11.5. The quantitative estimate of drug-likeness (QED) is 0.341. The highest BCUT2D eigenvalue weighted by Gasteiger charge is 2.21. The lowest BCUT2D eigenvalue weighted by Gasteiger charge is -2.32. The third kappa shape index (κ3) is 8.41. The monoisotopic (exact) mass is 375 g/mol. The molecule has 0 aromatic heterocycles. The van der Waals surface area contributed by atoms with Crippen molar-refractivity contribution in [1.82, 2.24) is 20.9 Å². The number of amides is 1. The molecule has 0 unspecified atom stereocenters. The third-order valence-corrected chi connectivity index (χ3v) is 4.54. The summed E-state index contributed by atoms with van der Waals surface area (Å²) in [6, 6.07) is 10.5. The molecule has 1 aromatic rings. The predicted molar refractivity (Wildman–Crippen MR) is 109 cm³/mol. The number of carbonyl (C=O) groups excluding carboxylic acids is 1. The smallest absolute Gasteiger partial charge is 0.233 e. The highest BCUT2D eigenvalue weighted by atomic mass is 16.5. The highest BCUT2D eigenvalue weighted by molar-refractivity contribution is 5.80. The van der Waals surface area contributed by atoms with Gasteiger partial charge in [0.2, 0.25) is 5.91 Å². The zero-order valence-corrected chi connectivity index (χ0v) is 16.5. The fourth-order valence-electron chi connectivity index (χ4n) is 3.02. The van der Waals surface area contributed by atoms with E-state index in [9.17, 15) is 4.79 Å². The van der Waals surface area contributed by atoms with Crippen molar-refractivity contribution in [2.24, 2.45) is 4.99 Å². The van der Waals surface area contributed by atoms with Gasteiger partial charge in [-0.1, -0.05) is 30.3 Å². The lowest BCUT2D eigenvalue weighted by atomic mass is 10.1. The maximum absolute atomic E-state index is 11.5. The van der Waals surface area contributed by atoms with Crippen LogP contribution in [0.15, 0.2) is 35.3 Å². The topological polar surface area (TPSA) is 78.0 Å². The number of hydrogen-bond donors (Lipinski definition) is 3. The van der Waals surface area contributed by atoms with E-state index < -0.39 is 0 Å². The molecule has 2 rings (SSSR count). The van der Waals surface area contributed by atoms with Crippen LogP contribution >= 0.6 is 0 Å². The second-order valence-corrected chi connectivity index (χ2v) is 6.67. The molecule has 150 valence electrons. The maximum Gasteiger partial charge on any atom is 0.233 e. The molecular weight excluding hydrogens is 342 g/mol. The van der Waals surface area contributed by atoms with Crippen LogP contribution in [0, 0.1) is 0 Å². The second kappa shape index (κ2) is 12.3. The SMILES string of the molecule is CCNC(=NCCOCc1ccccc1)NC1CCN(CC(=O)NC)CC1. The molecule has 1 saturated heterocycles. The molecular formula is C20H33N5O2. The summed E-state index contributed by atoms with van der Waals surface area (Å²) in [4.78, 5) is 18.3. The van der Waals surface area contributed by atoms with E-state index in [2.05, 4.69) is 44.9 Å². The first-order valence-corrected chi connectivity index (χ1v) is 9.80. The van der Waals surface area contributed by atoms with Crippen LogP contribution in [0.25, 0.3) is 0 Å². The summed E-state index contributed by atoms with van der Waals surface area (Å²) in [5.41, 5.74) is 1.18. The molecule has 3 N–H and O–H groups in total. The zero-order valence-electron chi connectivity index (χ0n) is 16.5. The van der Waals surface area contributed by atoms with E-state index in [0.29, 0.717) is 32.3 Å². The van der Waals surface area contributed by atoms with Crippen molar-refractivity contribution in [3.8, 4) is 0 Å². The molecule has 1 fully saturated rings. The number of carbonyl (C=O) groups is 1. The molecule has 7 heteroatoms. The Labute approximate surface area is 162 Å². The number of hydrogen-bond acceptors (Lipinski definition) is 4. The fourth-order valence-corrected chi connectivity index (χ4v) is 3.02. The first kappa shape index (κ1) is 21.2. The van der Waals surface area contributed by atoms with E-state index in [1.807, 2.05) is 18.2 Å². The number of likely N-dealkylation sites (tertiary alicyclic amines) is 1. The Morgan fingerprint density at radius 3 is 2.67 bits per heavy atom. The first-order valence-electron chi connectivity index (χ1n) is 9.80. The van der Waals surface area contributed by atoms with Crippen molar-refractivity contribution in [3.05, 3.63) is 35.9 Å². The standard InChI is InChI=1S/C20H33N5O2/c1-3-22-20(23-11-14-27-16-17-7-5-4-6-8-17)24-18-9-12-25(13-10-18)15-19(26)21-2/h4-8,18H,3,9-16H2,1-2H3,(H,21,26)(H2,22,23,24). The fraction of sp³-hybridized carbons (Fsp3) is 0.600. The molecule has 1 aromatic carbocycles. The van der Waals surface area contributed by atoms with Gasteiger partial charge in [-0.3, -0.25) is 14.7 Å². The second-order valence-electron chi connectivity index (χ2n) is 6.67. The van der Waals surface area contributed by atoms with Gasteiger partial charge in [-0.25, -0.2) is 0 Å². The van der Waals surface area contributed by atoms with Crippen molar-refractivity contribution >= 4 is 11.9 Å². The Bertz CT molecular complexity index is 571. The summed E-state index contributed by atoms with van der Waals surface area (Å²) >= 11 is 0. The van der Waals surface area contributed by atoms with Gasteiger partial charge in [-0.2, -0.15) is 0 Å². The Morgan fingerprint density at radius 2 is 2.00 bits per heavy atom. The van der Waals surface area contributed by atoms with E-state index in [0.717, 1.165) is 38.4 Å². The number of aliphatic imine (C=N–C) groups is 1. The number of rotatable bonds is 9. The molecule has 27 heavy (non-hydrogen) atoms. The highest BCUT2D eigenvalue weighted by Crippen LogP contribution is 2.09. The molecule has 1 heterocycles. The minimum absolute atomic E-state index is 0.0758. The molecule has 7 nitrogen and oxygen atoms in total. The van der Waals surface area contributed by atoms with Crippen LogP contribution in [0.2, 0.25) is 0 Å². The van der Waals surface area contributed by atoms with Crippen molar-refractivity contribution in [1.29, 1.82) is 0 Å². The van der Waals surface area contributed by atoms with Gasteiger partial charge in [0.25, 0.3) is 0 Å². The molecule has 0 radical (unpaired) electrons. The van der Waals surface area contributed by atoms with Crippen LogP contribution in [-0.4, -0.2) is 69.2 Å². The van der Waals surface area contributed by atoms with E-state index >= 15 is 0 Å². The van der Waals surface area contributed by atoms with E-state index in [4.69, 9.17) is 4.74 Å². The summed E-state index contributed by atoms with van der Waals surface area (Å²) in [5, 5.41) is 9.49. The van der Waals surface area contributed by atoms with Crippen molar-refractivity contribution in [3.63, 3.8) is 0 Å². The number of guanidine groups is 1. The number of ether oxygens (including phenoxy) is 1. The Morgan fingerprint density at radius 1 is 1.26 bits per heavy atom. The van der Waals surface area contributed by atoms with Crippen LogP contribution in [0.3, 0.4) is 0 Å². The average Bonchev–Trinajstić information content (AvgIpc) is 2.70. The molecule has 0 saturated carbocycles. The first-order chi connectivity index (χ1) is 13.2. The molecule has 1 aliphatic heterocycles. The lowest BCUT2D eigenvalue weighted by molar-refractivity contribution is -0.122. The molecule has 0 spiro atoms. The normalized spacial score (nSPS) is 16.1. The van der Waals surface area contributed by atoms with E-state index in [1.54, 1.807) is 7.05 Å². The minimum atomic E-state index is 0.0758. The summed E-state index contributed by atoms with van der Waals surface area (Å²) in [5.74, 6) is 0.914. The van der Waals surface area contributed by atoms with Gasteiger partial charge in [-0.15, -0.1) is 0 Å². The van der Waals surface area contributed by atoms with E-state index in [1.165, 1.54) is 5.56 Å². The van der Waals surface area contributed by atoms with Gasteiger partial charge in [0, 0.05) is 32.7 Å². The van der Waals surface area contributed by atoms with Crippen LogP contribution in [0.1, 0.15) is 25.3 Å². The summed E-state index contributed by atoms with van der Waals surface area (Å²) in [7, 11) is 1.68. The van der Waals surface area contributed by atoms with Gasteiger partial charge in [0.1, 0.15) is 0 Å². The van der Waals surface area contributed by atoms with Crippen molar-refractivity contribution in [2.75, 3.05) is 46.4 Å². The number of nitrogens with zero attached hydrogens (tertiary/aromatic N) is 2. The summed E-state index contributed by atoms with van der Waals surface area (Å²) in [6.45, 7) is 7.05. The lowest BCUT2D eigenvalue weighted by Crippen LogP contribution is -2.50. The molecule has 0 aliphatic carbocycles. The Hall–Kier alpha value is -2.12. The number of piperidine rings is 1. The van der Waals surface area contributed by atoms with Crippen LogP contribution in [0.4, 0.5) is 0 Å². The van der Waals surface area contributed by atoms with E-state index in [-0.39, 0.29) is 5.91 Å². The number of benzene rings is 1. The minimum Gasteiger partial charge on any atom is -0.375 e. The third-order valence-electron chi connectivity index (χ3n) is 4.54. The van der Waals surface area contributed by atoms with Crippen LogP contribution in [0.5, 0.6) is 0 Å². The molecule has 1 aliphatic rings. The largest absolute Gasteiger partial charge is 0.375 e. The number of likely N-dealkylation sites (N-methyl/N-ethyl adjacent to an activating group) is 1. The number of nitrogens with one attached hydrogen (secondary N) is 3. The van der Waals surface area contributed by atoms with Gasteiger partial charge in [0.15, 0.2) is 5.96 Å². The summed E-state index contributed by atoms with van der Waals surface area (Å²) in [6.07, 6.45) is 2.01. The summed E-state index contributed by atoms with van der Waals surface area (Å²) < 4.78 is 5.69. The van der Waals surface area contributed by atoms with Gasteiger partial charge >= 0.3 is 0 Å². The Balaban J connectivity index is 1.68. The van der Waals surface area contributed by atoms with Gasteiger partial charge in [0.05, 0.1) is 26.3 Å². The average molecular weight is 376 g/mol. The molecule has 0 bridgehead atoms. The van der Waals surface area contributed by atoms with Crippen molar-refractivity contribution < 1.29 is 9.53 Å². The zero-order chi connectivity index (χ0) is 19.3. The molecule has 0 atom stereocenters. The van der Waals surface area contributed by atoms with Crippen molar-refractivity contribution in [2.45, 2.75) is 32.4 Å². The molecule has 1 amide bonds. The Kier molecular flexibility index (Phi) is 9.65. The van der Waals surface area contributed by atoms with Crippen LogP contribution < -0.4 is 16.0 Å². The predicted octanol–water partition coefficient (Wildman–Crippen LogP) is 0.969. The van der Waals surface area contributed by atoms with Crippen LogP contribution in [-0.2, 0) is 16.1 Å². The van der Waals surface area contributed by atoms with Gasteiger partial charge < -0.3 is 20.7 Å². The van der Waals surface area contributed by atoms with Gasteiger partial charge in [-0.05, 0) is 25.3 Å².